The second-order valence-corrected chi connectivity index (χ2v) is 7.94. The quantitative estimate of drug-likeness (QED) is 0.528. The zero-order valence-corrected chi connectivity index (χ0v) is 14.9. The molecule has 134 valence electrons. The molecule has 2 N–H and O–H groups in total. The normalized spacial score (nSPS) is 46.5. The largest absolute Gasteiger partial charge is 0.389 e. The minimum atomic E-state index is -1.07. The van der Waals surface area contributed by atoms with Crippen LogP contribution in [-0.4, -0.2) is 46.3 Å². The summed E-state index contributed by atoms with van der Waals surface area (Å²) in [5, 5.41) is 21.5. The number of fused-ring (bicyclic) bond motifs is 2. The van der Waals surface area contributed by atoms with Gasteiger partial charge in [0.25, 0.3) is 0 Å². The highest BCUT2D eigenvalue weighted by molar-refractivity contribution is 5.27. The summed E-state index contributed by atoms with van der Waals surface area (Å²) in [6.07, 6.45) is 5.78. The number of allylic oxidation sites excluding steroid dienone is 1. The van der Waals surface area contributed by atoms with Gasteiger partial charge in [0.2, 0.25) is 0 Å². The monoisotopic (exact) mass is 334 g/mol. The maximum atomic E-state index is 11.1. The van der Waals surface area contributed by atoms with Crippen LogP contribution in [0.25, 0.3) is 0 Å². The van der Waals surface area contributed by atoms with Crippen LogP contribution in [0.1, 0.15) is 52.4 Å². The van der Waals surface area contributed by atoms with E-state index < -0.39 is 11.7 Å². The highest BCUT2D eigenvalue weighted by atomic mass is 16.6. The van der Waals surface area contributed by atoms with Crippen molar-refractivity contribution in [2.45, 2.75) is 81.9 Å². The molecule has 3 rings (SSSR count). The molecule has 2 fully saturated rings. The van der Waals surface area contributed by atoms with Gasteiger partial charge in [-0.1, -0.05) is 24.8 Å². The highest BCUT2D eigenvalue weighted by Gasteiger charge is 2.51. The number of aliphatic hydroxyl groups excluding tert-OH is 1. The van der Waals surface area contributed by atoms with Crippen molar-refractivity contribution in [3.05, 3.63) is 36.0 Å². The molecule has 4 heteroatoms. The fourth-order valence-corrected chi connectivity index (χ4v) is 3.88. The smallest absolute Gasteiger partial charge is 0.118 e. The summed E-state index contributed by atoms with van der Waals surface area (Å²) in [5.74, 6) is 0. The van der Waals surface area contributed by atoms with Gasteiger partial charge in [0.15, 0.2) is 0 Å². The molecule has 0 aromatic carbocycles. The molecule has 0 unspecified atom stereocenters. The molecule has 1 aliphatic carbocycles. The Hall–Kier alpha value is -0.940. The summed E-state index contributed by atoms with van der Waals surface area (Å²) in [6, 6.07) is 0. The summed E-state index contributed by atoms with van der Waals surface area (Å²) in [5.41, 5.74) is 1.51. The van der Waals surface area contributed by atoms with Crippen molar-refractivity contribution in [2.75, 3.05) is 6.61 Å². The van der Waals surface area contributed by atoms with Crippen LogP contribution in [0.3, 0.4) is 0 Å². The molecule has 0 radical (unpaired) electrons. The topological polar surface area (TPSA) is 62.2 Å². The summed E-state index contributed by atoms with van der Waals surface area (Å²) in [6.45, 7) is 12.6. The van der Waals surface area contributed by atoms with Gasteiger partial charge in [0, 0.05) is 0 Å². The zero-order chi connectivity index (χ0) is 17.5. The third-order valence-electron chi connectivity index (χ3n) is 6.00. The first-order chi connectivity index (χ1) is 11.2. The first-order valence-corrected chi connectivity index (χ1v) is 8.98. The average Bonchev–Trinajstić information content (AvgIpc) is 3.12. The van der Waals surface area contributed by atoms with Gasteiger partial charge in [-0.25, -0.2) is 0 Å². The maximum absolute atomic E-state index is 11.1. The number of hydrogen-bond donors (Lipinski definition) is 2. The predicted molar refractivity (Wildman–Crippen MR) is 93.7 cm³/mol. The van der Waals surface area contributed by atoms with Crippen molar-refractivity contribution in [3.63, 3.8) is 0 Å². The average molecular weight is 334 g/mol. The van der Waals surface area contributed by atoms with Gasteiger partial charge in [-0.15, -0.1) is 0 Å². The molecule has 24 heavy (non-hydrogen) atoms. The number of hydrogen-bond acceptors (Lipinski definition) is 4. The first-order valence-electron chi connectivity index (χ1n) is 8.98. The lowest BCUT2D eigenvalue weighted by atomic mass is 9.83. The Kier molecular flexibility index (Phi) is 4.77. The van der Waals surface area contributed by atoms with Crippen LogP contribution in [0, 0.1) is 0 Å². The van der Waals surface area contributed by atoms with Crippen LogP contribution >= 0.6 is 0 Å². The maximum Gasteiger partial charge on any atom is 0.118 e. The Morgan fingerprint density at radius 1 is 1.21 bits per heavy atom. The Morgan fingerprint density at radius 3 is 2.71 bits per heavy atom. The van der Waals surface area contributed by atoms with Gasteiger partial charge >= 0.3 is 0 Å². The van der Waals surface area contributed by atoms with Crippen molar-refractivity contribution >= 4 is 0 Å². The second-order valence-electron chi connectivity index (χ2n) is 7.94. The van der Waals surface area contributed by atoms with E-state index >= 15 is 0 Å². The summed E-state index contributed by atoms with van der Waals surface area (Å²) < 4.78 is 11.6. The fourth-order valence-electron chi connectivity index (χ4n) is 3.88. The molecule has 0 amide bonds. The number of epoxide rings is 1. The van der Waals surface area contributed by atoms with E-state index in [2.05, 4.69) is 27.0 Å². The number of ether oxygens (including phenoxy) is 2. The van der Waals surface area contributed by atoms with Crippen molar-refractivity contribution in [2.24, 2.45) is 0 Å². The van der Waals surface area contributed by atoms with E-state index in [1.807, 2.05) is 6.08 Å². The lowest BCUT2D eigenvalue weighted by Gasteiger charge is -2.29. The Labute approximate surface area is 144 Å². The summed E-state index contributed by atoms with van der Waals surface area (Å²) in [4.78, 5) is 0. The van der Waals surface area contributed by atoms with Gasteiger partial charge in [-0.05, 0) is 63.5 Å². The predicted octanol–water partition coefficient (Wildman–Crippen LogP) is 3.05. The minimum Gasteiger partial charge on any atom is -0.389 e. The Bertz CT molecular complexity index is 566. The minimum absolute atomic E-state index is 0.107. The second kappa shape index (κ2) is 6.41. The molecule has 0 saturated carbocycles. The zero-order valence-electron chi connectivity index (χ0n) is 14.9. The van der Waals surface area contributed by atoms with Crippen molar-refractivity contribution in [1.29, 1.82) is 0 Å². The molecular formula is C20H30O4. The molecule has 3 aliphatic rings. The van der Waals surface area contributed by atoms with Gasteiger partial charge in [-0.2, -0.15) is 0 Å². The van der Waals surface area contributed by atoms with Crippen molar-refractivity contribution in [1.82, 2.24) is 0 Å². The molecule has 0 aromatic rings. The van der Waals surface area contributed by atoms with E-state index in [-0.39, 0.29) is 17.8 Å². The molecule has 0 bridgehead atoms. The van der Waals surface area contributed by atoms with E-state index in [0.29, 0.717) is 31.4 Å². The van der Waals surface area contributed by atoms with Gasteiger partial charge in [0.1, 0.15) is 11.7 Å². The molecule has 4 nitrogen and oxygen atoms in total. The van der Waals surface area contributed by atoms with Crippen molar-refractivity contribution < 1.29 is 19.7 Å². The third kappa shape index (κ3) is 3.38. The van der Waals surface area contributed by atoms with E-state index in [1.54, 1.807) is 0 Å². The Morgan fingerprint density at radius 2 is 1.96 bits per heavy atom. The SMILES string of the molecule is C=C1CC[C@@]2(O)C(=C)CO[C@H]2/C=C(/C)CC[C@H]2O[C@]2(C)CC[C@H]1O. The molecule has 0 spiro atoms. The van der Waals surface area contributed by atoms with Gasteiger partial charge in [0.05, 0.1) is 24.4 Å². The molecule has 0 aromatic heterocycles. The highest BCUT2D eigenvalue weighted by Crippen LogP contribution is 2.45. The molecule has 2 heterocycles. The fraction of sp³-hybridized carbons (Fsp3) is 0.700. The Balaban J connectivity index is 1.80. The summed E-state index contributed by atoms with van der Waals surface area (Å²) in [7, 11) is 0. The standard InChI is InChI=1S/C20H30O4/c1-13-5-6-17-19(4,24-17)9-8-16(21)14(2)7-10-20(22)15(3)12-23-18(20)11-13/h11,16-18,21-22H,2-3,5-10,12H2,1,4H3/b13-11-/t16-,17-,18+,19-,20-/m1/s1. The lowest BCUT2D eigenvalue weighted by Crippen LogP contribution is -2.39. The lowest BCUT2D eigenvalue weighted by molar-refractivity contribution is -0.00709. The third-order valence-corrected chi connectivity index (χ3v) is 6.00. The molecular weight excluding hydrogens is 304 g/mol. The van der Waals surface area contributed by atoms with Crippen LogP contribution in [0.2, 0.25) is 0 Å². The number of aliphatic hydroxyl groups is 2. The molecule has 2 aliphatic heterocycles. The molecule has 2 saturated heterocycles. The van der Waals surface area contributed by atoms with E-state index in [1.165, 1.54) is 5.57 Å². The van der Waals surface area contributed by atoms with E-state index in [4.69, 9.17) is 9.47 Å². The van der Waals surface area contributed by atoms with E-state index in [9.17, 15) is 10.2 Å². The van der Waals surface area contributed by atoms with Crippen LogP contribution < -0.4 is 0 Å². The number of rotatable bonds is 0. The molecule has 5 atom stereocenters. The summed E-state index contributed by atoms with van der Waals surface area (Å²) >= 11 is 0. The van der Waals surface area contributed by atoms with Crippen molar-refractivity contribution in [3.8, 4) is 0 Å². The van der Waals surface area contributed by atoms with Gasteiger partial charge < -0.3 is 19.7 Å². The van der Waals surface area contributed by atoms with Gasteiger partial charge in [-0.3, -0.25) is 0 Å². The van der Waals surface area contributed by atoms with Crippen LogP contribution in [-0.2, 0) is 9.47 Å². The van der Waals surface area contributed by atoms with Crippen LogP contribution in [0.15, 0.2) is 36.0 Å². The first kappa shape index (κ1) is 17.9. The van der Waals surface area contributed by atoms with E-state index in [0.717, 1.165) is 24.8 Å². The van der Waals surface area contributed by atoms with Crippen LogP contribution in [0.5, 0.6) is 0 Å². The van der Waals surface area contributed by atoms with Crippen LogP contribution in [0.4, 0.5) is 0 Å².